The number of thiazole rings is 1. The van der Waals surface area contributed by atoms with Crippen molar-refractivity contribution in [3.05, 3.63) is 83.4 Å². The highest BCUT2D eigenvalue weighted by Gasteiger charge is 2.37. The molecule has 4 heterocycles. The number of carbonyl (C=O) groups excluding carboxylic acids is 3. The number of carbonyl (C=O) groups is 3. The molecule has 6 rings (SSSR count). The predicted molar refractivity (Wildman–Crippen MR) is 135 cm³/mol. The summed E-state index contributed by atoms with van der Waals surface area (Å²) < 4.78 is 5.84. The summed E-state index contributed by atoms with van der Waals surface area (Å²) in [7, 11) is 0. The van der Waals surface area contributed by atoms with Crippen molar-refractivity contribution < 1.29 is 19.1 Å². The third-order valence-corrected chi connectivity index (χ3v) is 7.14. The zero-order valence-electron chi connectivity index (χ0n) is 19.2. The van der Waals surface area contributed by atoms with Crippen LogP contribution in [0.1, 0.15) is 27.6 Å². The second-order valence-corrected chi connectivity index (χ2v) is 9.35. The van der Waals surface area contributed by atoms with Crippen LogP contribution in [0.2, 0.25) is 0 Å². The Morgan fingerprint density at radius 1 is 0.889 bits per heavy atom. The number of amides is 3. The third kappa shape index (κ3) is 3.64. The van der Waals surface area contributed by atoms with E-state index in [0.29, 0.717) is 22.6 Å². The van der Waals surface area contributed by atoms with E-state index in [4.69, 9.17) is 9.72 Å². The molecule has 8 nitrogen and oxygen atoms in total. The summed E-state index contributed by atoms with van der Waals surface area (Å²) in [6.07, 6.45) is 1.05. The van der Waals surface area contributed by atoms with Crippen LogP contribution in [0.25, 0.3) is 22.0 Å². The molecule has 1 atom stereocenters. The zero-order chi connectivity index (χ0) is 24.8. The van der Waals surface area contributed by atoms with E-state index in [0.717, 1.165) is 22.0 Å². The number of hydrogen-bond donors (Lipinski definition) is 0. The molecule has 9 heteroatoms. The molecule has 0 spiro atoms. The second-order valence-electron chi connectivity index (χ2n) is 8.49. The molecule has 2 aliphatic heterocycles. The number of benzene rings is 2. The van der Waals surface area contributed by atoms with Gasteiger partial charge in [0.05, 0.1) is 28.2 Å². The number of fused-ring (bicyclic) bond motifs is 2. The average Bonchev–Trinajstić information content (AvgIpc) is 3.49. The third-order valence-electron chi connectivity index (χ3n) is 6.28. The minimum atomic E-state index is -0.680. The fraction of sp³-hybridized carbons (Fsp3) is 0.148. The number of ether oxygens (including phenoxy) is 1. The Hall–Kier alpha value is -4.37. The topological polar surface area (TPSA) is 92.7 Å². The molecule has 0 radical (unpaired) electrons. The molecule has 0 aliphatic carbocycles. The first-order valence-electron chi connectivity index (χ1n) is 11.5. The largest absolute Gasteiger partial charge is 0.479 e. The first-order valence-corrected chi connectivity index (χ1v) is 12.3. The number of anilines is 1. The number of hydrogen-bond acceptors (Lipinski definition) is 7. The Kier molecular flexibility index (Phi) is 5.34. The van der Waals surface area contributed by atoms with Crippen molar-refractivity contribution >= 4 is 34.7 Å². The molecule has 36 heavy (non-hydrogen) atoms. The van der Waals surface area contributed by atoms with Gasteiger partial charge in [0, 0.05) is 30.2 Å². The van der Waals surface area contributed by atoms with Gasteiger partial charge < -0.3 is 9.64 Å². The molecule has 0 N–H and O–H groups in total. The second kappa shape index (κ2) is 8.69. The first-order chi connectivity index (χ1) is 17.5. The normalized spacial score (nSPS) is 16.7. The van der Waals surface area contributed by atoms with Gasteiger partial charge in [-0.15, -0.1) is 11.3 Å². The van der Waals surface area contributed by atoms with Gasteiger partial charge in [-0.05, 0) is 49.4 Å². The Bertz CT molecular complexity index is 1480. The van der Waals surface area contributed by atoms with Gasteiger partial charge in [-0.3, -0.25) is 24.3 Å². The molecule has 4 aromatic rings. The van der Waals surface area contributed by atoms with Crippen molar-refractivity contribution in [3.8, 4) is 27.7 Å². The van der Waals surface area contributed by atoms with Crippen LogP contribution in [0.3, 0.4) is 0 Å². The number of rotatable bonds is 5. The Balaban J connectivity index is 1.28. The van der Waals surface area contributed by atoms with E-state index in [1.807, 2.05) is 41.8 Å². The van der Waals surface area contributed by atoms with Crippen molar-refractivity contribution in [2.75, 3.05) is 18.0 Å². The summed E-state index contributed by atoms with van der Waals surface area (Å²) in [5, 5.41) is 2.75. The molecule has 0 saturated heterocycles. The highest BCUT2D eigenvalue weighted by molar-refractivity contribution is 7.13. The van der Waals surface area contributed by atoms with Crippen molar-refractivity contribution in [1.82, 2.24) is 14.9 Å². The molecule has 3 amide bonds. The summed E-state index contributed by atoms with van der Waals surface area (Å²) in [6.45, 7) is 1.92. The molecule has 1 unspecified atom stereocenters. The van der Waals surface area contributed by atoms with Crippen LogP contribution in [0.15, 0.2) is 72.2 Å². The van der Waals surface area contributed by atoms with Crippen LogP contribution in [-0.4, -0.2) is 51.8 Å². The van der Waals surface area contributed by atoms with Crippen molar-refractivity contribution in [1.29, 1.82) is 0 Å². The van der Waals surface area contributed by atoms with E-state index in [1.54, 1.807) is 42.3 Å². The lowest BCUT2D eigenvalue weighted by Crippen LogP contribution is -2.48. The van der Waals surface area contributed by atoms with Gasteiger partial charge in [-0.1, -0.05) is 18.2 Å². The number of nitrogens with zero attached hydrogens (tertiary/aromatic N) is 4. The SMILES string of the molecule is CC1Oc2ccc(-c3csc(-c4ccccn4)n3)cc2N(CCN2C(=O)c3ccccc3C2=O)C1=O. The maximum absolute atomic E-state index is 13.1. The highest BCUT2D eigenvalue weighted by Crippen LogP contribution is 2.38. The van der Waals surface area contributed by atoms with Gasteiger partial charge in [0.1, 0.15) is 10.8 Å². The van der Waals surface area contributed by atoms with E-state index in [-0.39, 0.29) is 30.8 Å². The monoisotopic (exact) mass is 496 g/mol. The standard InChI is InChI=1S/C27H20N4O4S/c1-16-25(32)30(12-13-31-26(33)18-6-2-3-7-19(18)27(31)34)22-14-17(9-10-23(22)35-16)21-15-36-24(29-21)20-8-4-5-11-28-20/h2-11,14-16H,12-13H2,1H3. The molecule has 2 aliphatic rings. The van der Waals surface area contributed by atoms with Crippen LogP contribution < -0.4 is 9.64 Å². The molecule has 0 saturated carbocycles. The molecular weight excluding hydrogens is 476 g/mol. The predicted octanol–water partition coefficient (Wildman–Crippen LogP) is 4.28. The highest BCUT2D eigenvalue weighted by atomic mass is 32.1. The summed E-state index contributed by atoms with van der Waals surface area (Å²) in [6, 6.07) is 18.0. The smallest absolute Gasteiger partial charge is 0.267 e. The lowest BCUT2D eigenvalue weighted by molar-refractivity contribution is -0.125. The summed E-state index contributed by atoms with van der Waals surface area (Å²) in [4.78, 5) is 50.6. The number of pyridine rings is 1. The molecular formula is C27H20N4O4S. The van der Waals surface area contributed by atoms with Crippen molar-refractivity contribution in [3.63, 3.8) is 0 Å². The van der Waals surface area contributed by atoms with Crippen LogP contribution >= 0.6 is 11.3 Å². The Labute approximate surface area is 210 Å². The average molecular weight is 497 g/mol. The van der Waals surface area contributed by atoms with E-state index in [1.165, 1.54) is 16.2 Å². The molecule has 2 aromatic carbocycles. The van der Waals surface area contributed by atoms with Gasteiger partial charge in [-0.2, -0.15) is 0 Å². The maximum Gasteiger partial charge on any atom is 0.267 e. The molecule has 178 valence electrons. The van der Waals surface area contributed by atoms with Crippen molar-refractivity contribution in [2.45, 2.75) is 13.0 Å². The number of aromatic nitrogens is 2. The zero-order valence-corrected chi connectivity index (χ0v) is 20.1. The van der Waals surface area contributed by atoms with Crippen LogP contribution in [0.5, 0.6) is 5.75 Å². The van der Waals surface area contributed by atoms with Crippen molar-refractivity contribution in [2.24, 2.45) is 0 Å². The summed E-state index contributed by atoms with van der Waals surface area (Å²) in [5.41, 5.74) is 3.73. The van der Waals surface area contributed by atoms with E-state index in [9.17, 15) is 14.4 Å². The minimum Gasteiger partial charge on any atom is -0.479 e. The van der Waals surface area contributed by atoms with Gasteiger partial charge in [0.2, 0.25) is 0 Å². The van der Waals surface area contributed by atoms with E-state index < -0.39 is 6.10 Å². The summed E-state index contributed by atoms with van der Waals surface area (Å²) >= 11 is 1.49. The van der Waals surface area contributed by atoms with Crippen LogP contribution in [0.4, 0.5) is 5.69 Å². The summed E-state index contributed by atoms with van der Waals surface area (Å²) in [5.74, 6) is -0.359. The maximum atomic E-state index is 13.1. The Morgan fingerprint density at radius 2 is 1.61 bits per heavy atom. The lowest BCUT2D eigenvalue weighted by atomic mass is 10.1. The molecule has 2 aromatic heterocycles. The van der Waals surface area contributed by atoms with Gasteiger partial charge >= 0.3 is 0 Å². The van der Waals surface area contributed by atoms with E-state index in [2.05, 4.69) is 4.98 Å². The fourth-order valence-corrected chi connectivity index (χ4v) is 5.26. The quantitative estimate of drug-likeness (QED) is 0.383. The minimum absolute atomic E-state index is 0.0784. The lowest BCUT2D eigenvalue weighted by Gasteiger charge is -2.34. The van der Waals surface area contributed by atoms with Gasteiger partial charge in [0.25, 0.3) is 17.7 Å². The fourth-order valence-electron chi connectivity index (χ4n) is 4.45. The van der Waals surface area contributed by atoms with Crippen LogP contribution in [-0.2, 0) is 4.79 Å². The van der Waals surface area contributed by atoms with Gasteiger partial charge in [-0.25, -0.2) is 4.98 Å². The number of imide groups is 1. The first kappa shape index (κ1) is 22.1. The van der Waals surface area contributed by atoms with E-state index >= 15 is 0 Å². The van der Waals surface area contributed by atoms with Gasteiger partial charge in [0.15, 0.2) is 6.10 Å². The molecule has 0 fully saturated rings. The van der Waals surface area contributed by atoms with Crippen LogP contribution in [0, 0.1) is 0 Å². The Morgan fingerprint density at radius 3 is 2.33 bits per heavy atom. The molecule has 0 bridgehead atoms.